The van der Waals surface area contributed by atoms with Crippen LogP contribution >= 0.6 is 0 Å². The van der Waals surface area contributed by atoms with Crippen LogP contribution < -0.4 is 4.74 Å². The van der Waals surface area contributed by atoms with Crippen LogP contribution in [0, 0.1) is 0 Å². The van der Waals surface area contributed by atoms with E-state index in [4.69, 9.17) is 14.9 Å². The van der Waals surface area contributed by atoms with Gasteiger partial charge in [0.2, 0.25) is 5.88 Å². The summed E-state index contributed by atoms with van der Waals surface area (Å²) in [6.45, 7) is -0.251. The van der Waals surface area contributed by atoms with Gasteiger partial charge in [-0.3, -0.25) is 0 Å². The van der Waals surface area contributed by atoms with Crippen molar-refractivity contribution in [3.63, 3.8) is 0 Å². The van der Waals surface area contributed by atoms with Gasteiger partial charge in [-0.1, -0.05) is 18.2 Å². The zero-order valence-corrected chi connectivity index (χ0v) is 9.08. The van der Waals surface area contributed by atoms with E-state index in [0.29, 0.717) is 22.9 Å². The van der Waals surface area contributed by atoms with Crippen LogP contribution in [0.4, 0.5) is 0 Å². The molecule has 0 spiro atoms. The number of nitrogens with zero attached hydrogens (tertiary/aromatic N) is 2. The van der Waals surface area contributed by atoms with Gasteiger partial charge in [0.1, 0.15) is 5.75 Å². The van der Waals surface area contributed by atoms with Crippen molar-refractivity contribution < 1.29 is 14.9 Å². The predicted molar refractivity (Wildman–Crippen MR) is 60.4 cm³/mol. The number of aromatic nitrogens is 2. The first-order valence-corrected chi connectivity index (χ1v) is 5.13. The Hall–Kier alpha value is -1.98. The van der Waals surface area contributed by atoms with Gasteiger partial charge in [-0.25, -0.2) is 0 Å². The molecule has 1 aromatic carbocycles. The van der Waals surface area contributed by atoms with Crippen molar-refractivity contribution in [2.24, 2.45) is 0 Å². The van der Waals surface area contributed by atoms with Crippen LogP contribution in [0.5, 0.6) is 11.6 Å². The SMILES string of the molecule is OCc1ccc(Oc2ccccc2CO)nn1. The number of ether oxygens (including phenoxy) is 1. The van der Waals surface area contributed by atoms with Crippen molar-refractivity contribution in [1.29, 1.82) is 0 Å². The summed E-state index contributed by atoms with van der Waals surface area (Å²) in [5.41, 5.74) is 1.16. The lowest BCUT2D eigenvalue weighted by Gasteiger charge is -2.07. The minimum Gasteiger partial charge on any atom is -0.437 e. The van der Waals surface area contributed by atoms with Gasteiger partial charge < -0.3 is 14.9 Å². The fourth-order valence-electron chi connectivity index (χ4n) is 1.33. The molecule has 0 aliphatic heterocycles. The van der Waals surface area contributed by atoms with Crippen molar-refractivity contribution in [3.05, 3.63) is 47.7 Å². The Bertz CT molecular complexity index is 485. The summed E-state index contributed by atoms with van der Waals surface area (Å²) in [7, 11) is 0. The third-order valence-electron chi connectivity index (χ3n) is 2.21. The molecule has 5 heteroatoms. The first-order valence-electron chi connectivity index (χ1n) is 5.13. The minimum atomic E-state index is -0.152. The standard InChI is InChI=1S/C12H12N2O3/c15-7-9-3-1-2-4-11(9)17-12-6-5-10(8-16)13-14-12/h1-6,15-16H,7-8H2. The van der Waals surface area contributed by atoms with Gasteiger partial charge in [0.05, 0.1) is 18.9 Å². The maximum Gasteiger partial charge on any atom is 0.238 e. The van der Waals surface area contributed by atoms with Gasteiger partial charge in [0.15, 0.2) is 0 Å². The van der Waals surface area contributed by atoms with Crippen LogP contribution in [-0.2, 0) is 13.2 Å². The second-order valence-corrected chi connectivity index (χ2v) is 3.39. The van der Waals surface area contributed by atoms with Gasteiger partial charge in [-0.2, -0.15) is 0 Å². The summed E-state index contributed by atoms with van der Waals surface area (Å²) >= 11 is 0. The maximum absolute atomic E-state index is 9.13. The van der Waals surface area contributed by atoms with E-state index in [0.717, 1.165) is 0 Å². The highest BCUT2D eigenvalue weighted by atomic mass is 16.5. The number of benzene rings is 1. The van der Waals surface area contributed by atoms with E-state index in [1.165, 1.54) is 0 Å². The molecule has 0 radical (unpaired) electrons. The van der Waals surface area contributed by atoms with E-state index in [-0.39, 0.29) is 13.2 Å². The molecule has 2 N–H and O–H groups in total. The molecule has 88 valence electrons. The molecule has 0 fully saturated rings. The molecule has 0 aliphatic carbocycles. The fourth-order valence-corrected chi connectivity index (χ4v) is 1.33. The molecule has 0 bridgehead atoms. The Morgan fingerprint density at radius 2 is 1.76 bits per heavy atom. The zero-order chi connectivity index (χ0) is 12.1. The van der Waals surface area contributed by atoms with Gasteiger partial charge in [-0.05, 0) is 12.1 Å². The third-order valence-corrected chi connectivity index (χ3v) is 2.21. The molecule has 17 heavy (non-hydrogen) atoms. The number of rotatable bonds is 4. The molecular weight excluding hydrogens is 220 g/mol. The summed E-state index contributed by atoms with van der Waals surface area (Å²) in [6.07, 6.45) is 0. The van der Waals surface area contributed by atoms with Crippen LogP contribution in [0.2, 0.25) is 0 Å². The lowest BCUT2D eigenvalue weighted by molar-refractivity contribution is 0.273. The molecule has 0 saturated heterocycles. The second-order valence-electron chi connectivity index (χ2n) is 3.39. The summed E-state index contributed by atoms with van der Waals surface area (Å²) in [6, 6.07) is 10.4. The molecule has 1 aromatic heterocycles. The molecule has 2 rings (SSSR count). The van der Waals surface area contributed by atoms with Gasteiger partial charge in [-0.15, -0.1) is 10.2 Å². The normalized spacial score (nSPS) is 10.2. The quantitative estimate of drug-likeness (QED) is 0.829. The molecule has 1 heterocycles. The molecule has 0 atom stereocenters. The lowest BCUT2D eigenvalue weighted by atomic mass is 10.2. The Labute approximate surface area is 98.3 Å². The molecule has 0 saturated carbocycles. The van der Waals surface area contributed by atoms with Crippen molar-refractivity contribution in [3.8, 4) is 11.6 Å². The van der Waals surface area contributed by atoms with Crippen LogP contribution in [0.3, 0.4) is 0 Å². The molecule has 2 aromatic rings. The Balaban J connectivity index is 2.19. The predicted octanol–water partition coefficient (Wildman–Crippen LogP) is 1.25. The first-order chi connectivity index (χ1) is 8.33. The molecule has 0 unspecified atom stereocenters. The molecule has 5 nitrogen and oxygen atoms in total. The minimum absolute atomic E-state index is 0.0989. The smallest absolute Gasteiger partial charge is 0.238 e. The topological polar surface area (TPSA) is 75.5 Å². The Morgan fingerprint density at radius 3 is 2.41 bits per heavy atom. The lowest BCUT2D eigenvalue weighted by Crippen LogP contribution is -1.96. The van der Waals surface area contributed by atoms with E-state index in [1.807, 2.05) is 12.1 Å². The van der Waals surface area contributed by atoms with E-state index in [1.54, 1.807) is 24.3 Å². The second kappa shape index (κ2) is 5.38. The van der Waals surface area contributed by atoms with Crippen LogP contribution in [0.15, 0.2) is 36.4 Å². The summed E-state index contributed by atoms with van der Waals surface area (Å²) in [5, 5.41) is 25.5. The Morgan fingerprint density at radius 1 is 0.941 bits per heavy atom. The fraction of sp³-hybridized carbons (Fsp3) is 0.167. The third kappa shape index (κ3) is 2.77. The average molecular weight is 232 g/mol. The number of aliphatic hydroxyl groups excluding tert-OH is 2. The van der Waals surface area contributed by atoms with Crippen LogP contribution in [0.1, 0.15) is 11.3 Å². The number of hydrogen-bond acceptors (Lipinski definition) is 5. The number of aliphatic hydroxyl groups is 2. The highest BCUT2D eigenvalue weighted by molar-refractivity contribution is 5.35. The van der Waals surface area contributed by atoms with Crippen molar-refractivity contribution >= 4 is 0 Å². The van der Waals surface area contributed by atoms with E-state index in [9.17, 15) is 0 Å². The molecule has 0 aliphatic rings. The van der Waals surface area contributed by atoms with Gasteiger partial charge in [0, 0.05) is 11.6 Å². The monoisotopic (exact) mass is 232 g/mol. The van der Waals surface area contributed by atoms with Gasteiger partial charge >= 0.3 is 0 Å². The molecule has 0 amide bonds. The van der Waals surface area contributed by atoms with Crippen molar-refractivity contribution in [2.45, 2.75) is 13.2 Å². The van der Waals surface area contributed by atoms with Crippen LogP contribution in [-0.4, -0.2) is 20.4 Å². The average Bonchev–Trinajstić information content (AvgIpc) is 2.40. The van der Waals surface area contributed by atoms with Crippen LogP contribution in [0.25, 0.3) is 0 Å². The Kier molecular flexibility index (Phi) is 3.64. The summed E-state index contributed by atoms with van der Waals surface area (Å²) in [5.74, 6) is 0.865. The number of hydrogen-bond donors (Lipinski definition) is 2. The van der Waals surface area contributed by atoms with E-state index >= 15 is 0 Å². The first kappa shape index (κ1) is 11.5. The van der Waals surface area contributed by atoms with Crippen molar-refractivity contribution in [2.75, 3.05) is 0 Å². The highest BCUT2D eigenvalue weighted by Gasteiger charge is 2.04. The molecular formula is C12H12N2O3. The largest absolute Gasteiger partial charge is 0.437 e. The summed E-state index contributed by atoms with van der Waals surface area (Å²) < 4.78 is 5.48. The maximum atomic E-state index is 9.13. The van der Waals surface area contributed by atoms with Crippen molar-refractivity contribution in [1.82, 2.24) is 10.2 Å². The van der Waals surface area contributed by atoms with E-state index in [2.05, 4.69) is 10.2 Å². The number of para-hydroxylation sites is 1. The van der Waals surface area contributed by atoms with E-state index < -0.39 is 0 Å². The highest BCUT2D eigenvalue weighted by Crippen LogP contribution is 2.23. The summed E-state index contributed by atoms with van der Waals surface area (Å²) in [4.78, 5) is 0. The zero-order valence-electron chi connectivity index (χ0n) is 9.08. The van der Waals surface area contributed by atoms with Gasteiger partial charge in [0.25, 0.3) is 0 Å².